The first-order chi connectivity index (χ1) is 6.85. The Morgan fingerprint density at radius 2 is 2.29 bits per heavy atom. The molecule has 74 valence electrons. The predicted molar refractivity (Wildman–Crippen MR) is 58.3 cm³/mol. The van der Waals surface area contributed by atoms with Gasteiger partial charge in [-0.3, -0.25) is 0 Å². The molecular weight excluding hydrogens is 174 g/mol. The van der Waals surface area contributed by atoms with Gasteiger partial charge in [0.1, 0.15) is 5.75 Å². The van der Waals surface area contributed by atoms with Crippen molar-refractivity contribution in [1.29, 1.82) is 0 Å². The van der Waals surface area contributed by atoms with E-state index in [9.17, 15) is 0 Å². The molecule has 1 aliphatic rings. The molecule has 2 heteroatoms. The van der Waals surface area contributed by atoms with Crippen LogP contribution in [-0.2, 0) is 6.42 Å². The van der Waals surface area contributed by atoms with Crippen molar-refractivity contribution in [3.05, 3.63) is 35.4 Å². The molecule has 2 rings (SSSR count). The Balaban J connectivity index is 2.46. The van der Waals surface area contributed by atoms with Crippen LogP contribution in [0.2, 0.25) is 0 Å². The average Bonchev–Trinajstić information content (AvgIpc) is 2.27. The third-order valence-corrected chi connectivity index (χ3v) is 2.69. The fourth-order valence-electron chi connectivity index (χ4n) is 1.90. The van der Waals surface area contributed by atoms with Gasteiger partial charge in [0.2, 0.25) is 0 Å². The van der Waals surface area contributed by atoms with Gasteiger partial charge >= 0.3 is 0 Å². The van der Waals surface area contributed by atoms with Crippen molar-refractivity contribution in [2.75, 3.05) is 13.7 Å². The Morgan fingerprint density at radius 1 is 1.43 bits per heavy atom. The van der Waals surface area contributed by atoms with Gasteiger partial charge in [0.15, 0.2) is 0 Å². The Labute approximate surface area is 84.4 Å². The lowest BCUT2D eigenvalue weighted by Crippen LogP contribution is -2.08. The molecule has 2 N–H and O–H groups in total. The molecule has 2 nitrogen and oxygen atoms in total. The van der Waals surface area contributed by atoms with Crippen LogP contribution in [0.5, 0.6) is 5.75 Å². The summed E-state index contributed by atoms with van der Waals surface area (Å²) in [6.45, 7) is 0.611. The molecule has 0 aromatic heterocycles. The second-order valence-corrected chi connectivity index (χ2v) is 3.50. The Bertz CT molecular complexity index is 369. The summed E-state index contributed by atoms with van der Waals surface area (Å²) in [6, 6.07) is 6.22. The lowest BCUT2D eigenvalue weighted by atomic mass is 9.91. The van der Waals surface area contributed by atoms with E-state index in [2.05, 4.69) is 18.2 Å². The van der Waals surface area contributed by atoms with E-state index in [1.54, 1.807) is 7.11 Å². The van der Waals surface area contributed by atoms with Gasteiger partial charge in [0.25, 0.3) is 0 Å². The van der Waals surface area contributed by atoms with E-state index in [-0.39, 0.29) is 0 Å². The minimum absolute atomic E-state index is 0.611. The summed E-state index contributed by atoms with van der Waals surface area (Å²) in [5.41, 5.74) is 9.59. The number of fused-ring (bicyclic) bond motifs is 1. The SMILES string of the molecule is COc1ccc2c(c1)C(CN)=CCC2. The highest BCUT2D eigenvalue weighted by atomic mass is 16.5. The number of hydrogen-bond acceptors (Lipinski definition) is 2. The summed E-state index contributed by atoms with van der Waals surface area (Å²) >= 11 is 0. The van der Waals surface area contributed by atoms with Crippen molar-refractivity contribution in [3.63, 3.8) is 0 Å². The van der Waals surface area contributed by atoms with Gasteiger partial charge in [0, 0.05) is 6.54 Å². The quantitative estimate of drug-likeness (QED) is 0.772. The minimum Gasteiger partial charge on any atom is -0.497 e. The molecule has 0 fully saturated rings. The number of aryl methyl sites for hydroxylation is 1. The zero-order chi connectivity index (χ0) is 9.97. The summed E-state index contributed by atoms with van der Waals surface area (Å²) in [5.74, 6) is 0.907. The first-order valence-electron chi connectivity index (χ1n) is 4.91. The predicted octanol–water partition coefficient (Wildman–Crippen LogP) is 1.98. The lowest BCUT2D eigenvalue weighted by Gasteiger charge is -2.17. The molecule has 14 heavy (non-hydrogen) atoms. The summed E-state index contributed by atoms with van der Waals surface area (Å²) < 4.78 is 5.21. The van der Waals surface area contributed by atoms with Gasteiger partial charge in [-0.05, 0) is 41.7 Å². The highest BCUT2D eigenvalue weighted by Crippen LogP contribution is 2.28. The van der Waals surface area contributed by atoms with Crippen molar-refractivity contribution < 1.29 is 4.74 Å². The van der Waals surface area contributed by atoms with Crippen LogP contribution in [0.15, 0.2) is 24.3 Å². The second-order valence-electron chi connectivity index (χ2n) is 3.50. The summed E-state index contributed by atoms with van der Waals surface area (Å²) in [6.07, 6.45) is 4.44. The van der Waals surface area contributed by atoms with E-state index < -0.39 is 0 Å². The Hall–Kier alpha value is -1.28. The number of benzene rings is 1. The molecule has 0 aliphatic heterocycles. The maximum absolute atomic E-state index is 5.70. The monoisotopic (exact) mass is 189 g/mol. The highest BCUT2D eigenvalue weighted by molar-refractivity contribution is 5.72. The van der Waals surface area contributed by atoms with Gasteiger partial charge < -0.3 is 10.5 Å². The maximum atomic E-state index is 5.70. The number of allylic oxidation sites excluding steroid dienone is 1. The van der Waals surface area contributed by atoms with Crippen LogP contribution in [0.4, 0.5) is 0 Å². The topological polar surface area (TPSA) is 35.2 Å². The van der Waals surface area contributed by atoms with E-state index in [0.717, 1.165) is 18.6 Å². The van der Waals surface area contributed by atoms with E-state index in [1.807, 2.05) is 6.07 Å². The van der Waals surface area contributed by atoms with Crippen molar-refractivity contribution in [1.82, 2.24) is 0 Å². The van der Waals surface area contributed by atoms with Gasteiger partial charge in [-0.2, -0.15) is 0 Å². The first kappa shape index (κ1) is 9.28. The van der Waals surface area contributed by atoms with Crippen LogP contribution in [0, 0.1) is 0 Å². The third kappa shape index (κ3) is 1.53. The van der Waals surface area contributed by atoms with Crippen LogP contribution >= 0.6 is 0 Å². The van der Waals surface area contributed by atoms with Gasteiger partial charge in [-0.15, -0.1) is 0 Å². The van der Waals surface area contributed by atoms with Gasteiger partial charge in [-0.25, -0.2) is 0 Å². The molecular formula is C12H15NO. The van der Waals surface area contributed by atoms with Crippen LogP contribution < -0.4 is 10.5 Å². The van der Waals surface area contributed by atoms with Crippen LogP contribution in [0.25, 0.3) is 5.57 Å². The van der Waals surface area contributed by atoms with E-state index in [4.69, 9.17) is 10.5 Å². The molecule has 0 atom stereocenters. The summed E-state index contributed by atoms with van der Waals surface area (Å²) in [7, 11) is 1.69. The van der Waals surface area contributed by atoms with E-state index >= 15 is 0 Å². The minimum atomic E-state index is 0.611. The van der Waals surface area contributed by atoms with Crippen LogP contribution in [0.1, 0.15) is 17.5 Å². The number of methoxy groups -OCH3 is 1. The summed E-state index contributed by atoms with van der Waals surface area (Å²) in [4.78, 5) is 0. The number of rotatable bonds is 2. The summed E-state index contributed by atoms with van der Waals surface area (Å²) in [5, 5.41) is 0. The zero-order valence-corrected chi connectivity index (χ0v) is 8.42. The molecule has 0 saturated heterocycles. The molecule has 0 spiro atoms. The molecule has 1 aliphatic carbocycles. The zero-order valence-electron chi connectivity index (χ0n) is 8.42. The molecule has 0 heterocycles. The molecule has 1 aromatic carbocycles. The van der Waals surface area contributed by atoms with Gasteiger partial charge in [0.05, 0.1) is 7.11 Å². The fourth-order valence-corrected chi connectivity index (χ4v) is 1.90. The van der Waals surface area contributed by atoms with Crippen molar-refractivity contribution in [2.24, 2.45) is 5.73 Å². The fraction of sp³-hybridized carbons (Fsp3) is 0.333. The molecule has 0 saturated carbocycles. The first-order valence-corrected chi connectivity index (χ1v) is 4.91. The number of nitrogens with two attached hydrogens (primary N) is 1. The maximum Gasteiger partial charge on any atom is 0.119 e. The third-order valence-electron chi connectivity index (χ3n) is 2.69. The highest BCUT2D eigenvalue weighted by Gasteiger charge is 2.11. The Morgan fingerprint density at radius 3 is 3.00 bits per heavy atom. The molecule has 0 amide bonds. The van der Waals surface area contributed by atoms with Crippen molar-refractivity contribution in [3.8, 4) is 5.75 Å². The number of ether oxygens (including phenoxy) is 1. The smallest absolute Gasteiger partial charge is 0.119 e. The van der Waals surface area contributed by atoms with E-state index in [1.165, 1.54) is 16.7 Å². The number of hydrogen-bond donors (Lipinski definition) is 1. The lowest BCUT2D eigenvalue weighted by molar-refractivity contribution is 0.414. The molecule has 0 bridgehead atoms. The van der Waals surface area contributed by atoms with E-state index in [0.29, 0.717) is 6.54 Å². The Kier molecular flexibility index (Phi) is 2.55. The van der Waals surface area contributed by atoms with Gasteiger partial charge in [-0.1, -0.05) is 12.1 Å². The van der Waals surface area contributed by atoms with Crippen LogP contribution in [0.3, 0.4) is 0 Å². The second kappa shape index (κ2) is 3.84. The van der Waals surface area contributed by atoms with Crippen LogP contribution in [-0.4, -0.2) is 13.7 Å². The molecule has 0 radical (unpaired) electrons. The standard InChI is InChI=1S/C12H15NO/c1-14-11-6-5-9-3-2-4-10(8-13)12(9)7-11/h4-7H,2-3,8,13H2,1H3. The largest absolute Gasteiger partial charge is 0.497 e. The average molecular weight is 189 g/mol. The molecule has 1 aromatic rings. The van der Waals surface area contributed by atoms with Crippen molar-refractivity contribution in [2.45, 2.75) is 12.8 Å². The molecule has 0 unspecified atom stereocenters. The van der Waals surface area contributed by atoms with Crippen molar-refractivity contribution >= 4 is 5.57 Å². The normalized spacial score (nSPS) is 14.6.